The van der Waals surface area contributed by atoms with Gasteiger partial charge in [0.2, 0.25) is 5.91 Å². The molecule has 0 fully saturated rings. The highest BCUT2D eigenvalue weighted by molar-refractivity contribution is 7.09. The van der Waals surface area contributed by atoms with E-state index in [9.17, 15) is 9.59 Å². The molecule has 0 unspecified atom stereocenters. The molecule has 1 aliphatic heterocycles. The van der Waals surface area contributed by atoms with Crippen LogP contribution >= 0.6 is 11.3 Å². The molecular formula is C22H21N3O3S. The summed E-state index contributed by atoms with van der Waals surface area (Å²) in [5, 5.41) is 5.95. The van der Waals surface area contributed by atoms with Gasteiger partial charge in [-0.1, -0.05) is 18.2 Å². The molecule has 0 bridgehead atoms. The number of methoxy groups -OCH3 is 1. The smallest absolute Gasteiger partial charge is 0.339 e. The van der Waals surface area contributed by atoms with Crippen LogP contribution in [-0.2, 0) is 16.0 Å². The Morgan fingerprint density at radius 1 is 1.24 bits per heavy atom. The van der Waals surface area contributed by atoms with Gasteiger partial charge in [-0.15, -0.1) is 11.3 Å². The van der Waals surface area contributed by atoms with Gasteiger partial charge >= 0.3 is 5.97 Å². The Bertz CT molecular complexity index is 1080. The first-order chi connectivity index (χ1) is 14.0. The third-order valence-electron chi connectivity index (χ3n) is 4.93. The van der Waals surface area contributed by atoms with Crippen LogP contribution in [0.4, 0.5) is 11.4 Å². The number of hydrogen-bond acceptors (Lipinski definition) is 6. The number of thiazole rings is 1. The summed E-state index contributed by atoms with van der Waals surface area (Å²) in [6.45, 7) is 3.00. The molecule has 2 aromatic carbocycles. The lowest BCUT2D eigenvalue weighted by Crippen LogP contribution is -2.32. The van der Waals surface area contributed by atoms with Gasteiger partial charge < -0.3 is 15.0 Å². The molecule has 0 radical (unpaired) electrons. The van der Waals surface area contributed by atoms with E-state index in [4.69, 9.17) is 4.74 Å². The molecule has 1 aromatic heterocycles. The minimum atomic E-state index is -0.475. The number of fused-ring (bicyclic) bond motifs is 1. The van der Waals surface area contributed by atoms with Crippen molar-refractivity contribution >= 4 is 34.6 Å². The topological polar surface area (TPSA) is 71.5 Å². The number of amides is 1. The third kappa shape index (κ3) is 4.00. The zero-order chi connectivity index (χ0) is 20.4. The Morgan fingerprint density at radius 2 is 2.07 bits per heavy atom. The molecular weight excluding hydrogens is 386 g/mol. The number of anilines is 2. The van der Waals surface area contributed by atoms with Crippen molar-refractivity contribution in [1.82, 2.24) is 4.98 Å². The molecule has 1 aliphatic rings. The van der Waals surface area contributed by atoms with E-state index in [1.54, 1.807) is 35.6 Å². The van der Waals surface area contributed by atoms with E-state index in [2.05, 4.69) is 38.8 Å². The van der Waals surface area contributed by atoms with Gasteiger partial charge in [0.25, 0.3) is 0 Å². The molecule has 0 aliphatic carbocycles. The third-order valence-corrected chi connectivity index (χ3v) is 5.70. The number of benzene rings is 2. The SMILES string of the molecule is COC(=O)c1ccccc1NC(=O)CN1CCc2cc(-c3csc(C)n3)ccc21. The summed E-state index contributed by atoms with van der Waals surface area (Å²) >= 11 is 1.64. The maximum atomic E-state index is 12.6. The fourth-order valence-electron chi connectivity index (χ4n) is 3.53. The van der Waals surface area contributed by atoms with Crippen molar-refractivity contribution in [3.63, 3.8) is 0 Å². The first-order valence-corrected chi connectivity index (χ1v) is 10.2. The fourth-order valence-corrected chi connectivity index (χ4v) is 4.15. The van der Waals surface area contributed by atoms with Crippen LogP contribution in [-0.4, -0.2) is 37.1 Å². The Hall–Kier alpha value is -3.19. The number of esters is 1. The van der Waals surface area contributed by atoms with Crippen molar-refractivity contribution in [2.24, 2.45) is 0 Å². The van der Waals surface area contributed by atoms with Crippen LogP contribution in [0.25, 0.3) is 11.3 Å². The van der Waals surface area contributed by atoms with Crippen LogP contribution < -0.4 is 10.2 Å². The second kappa shape index (κ2) is 8.05. The average Bonchev–Trinajstić information content (AvgIpc) is 3.33. The van der Waals surface area contributed by atoms with Crippen LogP contribution in [0.15, 0.2) is 47.8 Å². The van der Waals surface area contributed by atoms with Crippen molar-refractivity contribution in [1.29, 1.82) is 0 Å². The van der Waals surface area contributed by atoms with Gasteiger partial charge in [-0.25, -0.2) is 9.78 Å². The second-order valence-electron chi connectivity index (χ2n) is 6.85. The number of aromatic nitrogens is 1. The van der Waals surface area contributed by atoms with E-state index in [0.717, 1.165) is 34.9 Å². The lowest BCUT2D eigenvalue weighted by molar-refractivity contribution is -0.115. The summed E-state index contributed by atoms with van der Waals surface area (Å²) in [6.07, 6.45) is 0.887. The summed E-state index contributed by atoms with van der Waals surface area (Å²) in [5.41, 5.74) is 5.18. The molecule has 0 atom stereocenters. The largest absolute Gasteiger partial charge is 0.465 e. The number of carbonyl (C=O) groups excluding carboxylic acids is 2. The van der Waals surface area contributed by atoms with Crippen molar-refractivity contribution in [2.45, 2.75) is 13.3 Å². The zero-order valence-electron chi connectivity index (χ0n) is 16.3. The number of nitrogens with zero attached hydrogens (tertiary/aromatic N) is 2. The zero-order valence-corrected chi connectivity index (χ0v) is 17.1. The van der Waals surface area contributed by atoms with Gasteiger partial charge in [0.1, 0.15) is 0 Å². The summed E-state index contributed by atoms with van der Waals surface area (Å²) in [5.74, 6) is -0.648. The normalized spacial score (nSPS) is 12.6. The van der Waals surface area contributed by atoms with Gasteiger partial charge in [0.15, 0.2) is 0 Å². The van der Waals surface area contributed by atoms with Gasteiger partial charge in [-0.2, -0.15) is 0 Å². The number of rotatable bonds is 5. The van der Waals surface area contributed by atoms with E-state index in [1.807, 2.05) is 6.92 Å². The Labute approximate surface area is 173 Å². The summed E-state index contributed by atoms with van der Waals surface area (Å²) in [7, 11) is 1.32. The van der Waals surface area contributed by atoms with Gasteiger partial charge in [0.05, 0.1) is 35.6 Å². The maximum absolute atomic E-state index is 12.6. The van der Waals surface area contributed by atoms with Crippen molar-refractivity contribution in [3.8, 4) is 11.3 Å². The lowest BCUT2D eigenvalue weighted by Gasteiger charge is -2.19. The maximum Gasteiger partial charge on any atom is 0.339 e. The van der Waals surface area contributed by atoms with Crippen LogP contribution in [0.1, 0.15) is 20.9 Å². The van der Waals surface area contributed by atoms with Gasteiger partial charge in [-0.3, -0.25) is 4.79 Å². The Kier molecular flexibility index (Phi) is 5.31. The average molecular weight is 407 g/mol. The van der Waals surface area contributed by atoms with Gasteiger partial charge in [0, 0.05) is 23.2 Å². The van der Waals surface area contributed by atoms with E-state index < -0.39 is 5.97 Å². The number of para-hydroxylation sites is 1. The molecule has 7 heteroatoms. The van der Waals surface area contributed by atoms with E-state index in [1.165, 1.54) is 12.7 Å². The predicted molar refractivity (Wildman–Crippen MR) is 115 cm³/mol. The highest BCUT2D eigenvalue weighted by atomic mass is 32.1. The molecule has 6 nitrogen and oxygen atoms in total. The monoisotopic (exact) mass is 407 g/mol. The number of aryl methyl sites for hydroxylation is 1. The molecule has 0 saturated carbocycles. The summed E-state index contributed by atoms with van der Waals surface area (Å²) < 4.78 is 4.78. The predicted octanol–water partition coefficient (Wildman–Crippen LogP) is 3.91. The summed E-state index contributed by atoms with van der Waals surface area (Å²) in [6, 6.07) is 13.1. The fraction of sp³-hybridized carbons (Fsp3) is 0.227. The highest BCUT2D eigenvalue weighted by Gasteiger charge is 2.23. The molecule has 148 valence electrons. The number of hydrogen-bond donors (Lipinski definition) is 1. The van der Waals surface area contributed by atoms with Crippen molar-refractivity contribution < 1.29 is 14.3 Å². The molecule has 2 heterocycles. The number of carbonyl (C=O) groups is 2. The second-order valence-corrected chi connectivity index (χ2v) is 7.91. The minimum Gasteiger partial charge on any atom is -0.465 e. The first kappa shape index (κ1) is 19.1. The molecule has 29 heavy (non-hydrogen) atoms. The Morgan fingerprint density at radius 3 is 2.83 bits per heavy atom. The highest BCUT2D eigenvalue weighted by Crippen LogP contribution is 2.32. The molecule has 0 saturated heterocycles. The number of nitrogens with one attached hydrogen (secondary N) is 1. The van der Waals surface area contributed by atoms with E-state index in [-0.39, 0.29) is 12.5 Å². The molecule has 4 rings (SSSR count). The standard InChI is InChI=1S/C22H21N3O3S/c1-14-23-19(13-29-14)15-7-8-20-16(11-15)9-10-25(20)12-21(26)24-18-6-4-3-5-17(18)22(27)28-2/h3-8,11,13H,9-10,12H2,1-2H3,(H,24,26). The van der Waals surface area contributed by atoms with Crippen LogP contribution in [0, 0.1) is 6.92 Å². The molecule has 1 amide bonds. The first-order valence-electron chi connectivity index (χ1n) is 9.32. The quantitative estimate of drug-likeness (QED) is 0.650. The van der Waals surface area contributed by atoms with Crippen LogP contribution in [0.2, 0.25) is 0 Å². The van der Waals surface area contributed by atoms with Crippen LogP contribution in [0.3, 0.4) is 0 Å². The van der Waals surface area contributed by atoms with Crippen LogP contribution in [0.5, 0.6) is 0 Å². The van der Waals surface area contributed by atoms with Crippen molar-refractivity contribution in [2.75, 3.05) is 30.4 Å². The lowest BCUT2D eigenvalue weighted by atomic mass is 10.1. The summed E-state index contributed by atoms with van der Waals surface area (Å²) in [4.78, 5) is 31.1. The van der Waals surface area contributed by atoms with E-state index in [0.29, 0.717) is 11.3 Å². The molecule has 3 aromatic rings. The van der Waals surface area contributed by atoms with E-state index >= 15 is 0 Å². The minimum absolute atomic E-state index is 0.173. The number of ether oxygens (including phenoxy) is 1. The molecule has 0 spiro atoms. The Balaban J connectivity index is 1.47. The van der Waals surface area contributed by atoms with Crippen molar-refractivity contribution in [3.05, 3.63) is 64.0 Å². The van der Waals surface area contributed by atoms with Gasteiger partial charge in [-0.05, 0) is 43.2 Å². The molecule has 1 N–H and O–H groups in total.